The van der Waals surface area contributed by atoms with Crippen LogP contribution in [0.3, 0.4) is 0 Å². The standard InChI is InChI=1S/C21H25FN4O/c22-18-5-2-1-4-16(18)10-19(27)25-12-17(21(13-25)8-3-9-21)20-24-23-14-26(20)11-15-6-7-15/h1-2,4-5,14-15,17H,3,6-13H2. The first-order chi connectivity index (χ1) is 13.1. The van der Waals surface area contributed by atoms with E-state index in [9.17, 15) is 9.18 Å². The Hall–Kier alpha value is -2.24. The van der Waals surface area contributed by atoms with Crippen molar-refractivity contribution in [2.24, 2.45) is 11.3 Å². The number of hydrogen-bond acceptors (Lipinski definition) is 3. The molecule has 3 aliphatic rings. The van der Waals surface area contributed by atoms with Crippen molar-refractivity contribution < 1.29 is 9.18 Å². The third-order valence-electron chi connectivity index (χ3n) is 6.76. The van der Waals surface area contributed by atoms with Gasteiger partial charge in [-0.05, 0) is 48.6 Å². The minimum absolute atomic E-state index is 0.0159. The van der Waals surface area contributed by atoms with E-state index in [1.807, 2.05) is 11.2 Å². The molecule has 1 saturated heterocycles. The smallest absolute Gasteiger partial charge is 0.227 e. The van der Waals surface area contributed by atoms with Gasteiger partial charge in [-0.1, -0.05) is 24.6 Å². The van der Waals surface area contributed by atoms with E-state index in [0.717, 1.165) is 37.7 Å². The van der Waals surface area contributed by atoms with Gasteiger partial charge in [0.05, 0.1) is 6.42 Å². The van der Waals surface area contributed by atoms with Crippen molar-refractivity contribution in [2.45, 2.75) is 51.0 Å². The van der Waals surface area contributed by atoms with Gasteiger partial charge in [-0.25, -0.2) is 4.39 Å². The van der Waals surface area contributed by atoms with Crippen LogP contribution in [0.5, 0.6) is 0 Å². The molecular formula is C21H25FN4O. The lowest BCUT2D eigenvalue weighted by Crippen LogP contribution is -2.38. The van der Waals surface area contributed by atoms with Crippen molar-refractivity contribution in [3.05, 3.63) is 47.8 Å². The van der Waals surface area contributed by atoms with Crippen molar-refractivity contribution >= 4 is 5.91 Å². The summed E-state index contributed by atoms with van der Waals surface area (Å²) in [7, 11) is 0. The highest BCUT2D eigenvalue weighted by molar-refractivity contribution is 5.79. The minimum atomic E-state index is -0.302. The molecule has 142 valence electrons. The third-order valence-corrected chi connectivity index (χ3v) is 6.76. The van der Waals surface area contributed by atoms with E-state index < -0.39 is 0 Å². The minimum Gasteiger partial charge on any atom is -0.341 e. The Kier molecular flexibility index (Phi) is 4.02. The van der Waals surface area contributed by atoms with Crippen LogP contribution in [0.15, 0.2) is 30.6 Å². The molecule has 1 amide bonds. The summed E-state index contributed by atoms with van der Waals surface area (Å²) in [5, 5.41) is 8.64. The highest BCUT2D eigenvalue weighted by Gasteiger charge is 2.53. The molecule has 1 aromatic carbocycles. The Morgan fingerprint density at radius 3 is 2.78 bits per heavy atom. The number of likely N-dealkylation sites (tertiary alicyclic amines) is 1. The predicted octanol–water partition coefficient (Wildman–Crippen LogP) is 3.17. The molecule has 3 fully saturated rings. The largest absolute Gasteiger partial charge is 0.341 e. The Morgan fingerprint density at radius 1 is 1.26 bits per heavy atom. The van der Waals surface area contributed by atoms with Gasteiger partial charge in [-0.15, -0.1) is 10.2 Å². The van der Waals surface area contributed by atoms with E-state index in [0.29, 0.717) is 12.1 Å². The lowest BCUT2D eigenvalue weighted by molar-refractivity contribution is -0.130. The molecule has 1 aromatic heterocycles. The Labute approximate surface area is 158 Å². The van der Waals surface area contributed by atoms with Crippen molar-refractivity contribution in [1.29, 1.82) is 0 Å². The molecule has 5 nitrogen and oxygen atoms in total. The molecule has 27 heavy (non-hydrogen) atoms. The predicted molar refractivity (Wildman–Crippen MR) is 98.5 cm³/mol. The number of aromatic nitrogens is 3. The molecule has 1 aliphatic heterocycles. The van der Waals surface area contributed by atoms with Crippen LogP contribution in [0.2, 0.25) is 0 Å². The molecule has 1 unspecified atom stereocenters. The van der Waals surface area contributed by atoms with E-state index in [2.05, 4.69) is 14.8 Å². The van der Waals surface area contributed by atoms with Gasteiger partial charge in [-0.3, -0.25) is 4.79 Å². The van der Waals surface area contributed by atoms with Crippen LogP contribution in [0.4, 0.5) is 4.39 Å². The first kappa shape index (κ1) is 16.9. The topological polar surface area (TPSA) is 51.0 Å². The van der Waals surface area contributed by atoms with Crippen LogP contribution >= 0.6 is 0 Å². The molecule has 1 atom stereocenters. The lowest BCUT2D eigenvalue weighted by Gasteiger charge is -2.42. The number of hydrogen-bond donors (Lipinski definition) is 0. The molecule has 0 bridgehead atoms. The van der Waals surface area contributed by atoms with Gasteiger partial charge < -0.3 is 9.47 Å². The highest BCUT2D eigenvalue weighted by Crippen LogP contribution is 2.55. The van der Waals surface area contributed by atoms with Crippen molar-refractivity contribution in [1.82, 2.24) is 19.7 Å². The molecule has 5 rings (SSSR count). The average Bonchev–Trinajstić information content (AvgIpc) is 3.16. The Balaban J connectivity index is 1.36. The van der Waals surface area contributed by atoms with Gasteiger partial charge in [0, 0.05) is 25.6 Å². The van der Waals surface area contributed by atoms with Crippen LogP contribution in [0.25, 0.3) is 0 Å². The second-order valence-corrected chi connectivity index (χ2v) is 8.60. The van der Waals surface area contributed by atoms with Gasteiger partial charge in [0.25, 0.3) is 0 Å². The van der Waals surface area contributed by atoms with Crippen molar-refractivity contribution in [3.8, 4) is 0 Å². The number of benzene rings is 1. The highest BCUT2D eigenvalue weighted by atomic mass is 19.1. The van der Waals surface area contributed by atoms with E-state index in [-0.39, 0.29) is 29.5 Å². The fourth-order valence-corrected chi connectivity index (χ4v) is 4.82. The zero-order chi connectivity index (χ0) is 18.4. The molecule has 1 spiro atoms. The number of halogens is 1. The van der Waals surface area contributed by atoms with Crippen LogP contribution in [0.1, 0.15) is 49.4 Å². The summed E-state index contributed by atoms with van der Waals surface area (Å²) in [6.45, 7) is 2.44. The van der Waals surface area contributed by atoms with Crippen LogP contribution < -0.4 is 0 Å². The molecule has 0 radical (unpaired) electrons. The normalized spacial score (nSPS) is 23.6. The maximum Gasteiger partial charge on any atom is 0.227 e. The Bertz CT molecular complexity index is 855. The van der Waals surface area contributed by atoms with E-state index in [1.54, 1.807) is 18.2 Å². The summed E-state index contributed by atoms with van der Waals surface area (Å²) < 4.78 is 16.2. The molecule has 2 aromatic rings. The zero-order valence-corrected chi connectivity index (χ0v) is 15.5. The zero-order valence-electron chi connectivity index (χ0n) is 15.5. The number of amides is 1. The number of carbonyl (C=O) groups is 1. The summed E-state index contributed by atoms with van der Waals surface area (Å²) in [5.74, 6) is 1.77. The first-order valence-electron chi connectivity index (χ1n) is 10.0. The number of nitrogens with zero attached hydrogens (tertiary/aromatic N) is 4. The molecule has 2 aliphatic carbocycles. The Morgan fingerprint density at radius 2 is 2.07 bits per heavy atom. The van der Waals surface area contributed by atoms with Gasteiger partial charge in [-0.2, -0.15) is 0 Å². The SMILES string of the molecule is O=C(Cc1ccccc1F)N1CC(c2nncn2CC2CC2)C2(CCC2)C1. The van der Waals surface area contributed by atoms with Crippen LogP contribution in [-0.2, 0) is 17.8 Å². The van der Waals surface area contributed by atoms with Crippen LogP contribution in [-0.4, -0.2) is 38.7 Å². The lowest BCUT2D eigenvalue weighted by atomic mass is 9.62. The summed E-state index contributed by atoms with van der Waals surface area (Å²) in [6, 6.07) is 6.56. The maximum absolute atomic E-state index is 14.0. The monoisotopic (exact) mass is 368 g/mol. The van der Waals surface area contributed by atoms with Crippen LogP contribution in [0, 0.1) is 17.2 Å². The van der Waals surface area contributed by atoms with Gasteiger partial charge in [0.1, 0.15) is 18.0 Å². The molecule has 2 saturated carbocycles. The second-order valence-electron chi connectivity index (χ2n) is 8.60. The van der Waals surface area contributed by atoms with E-state index in [1.165, 1.54) is 25.3 Å². The fourth-order valence-electron chi connectivity index (χ4n) is 4.82. The molecule has 2 heterocycles. The third kappa shape index (κ3) is 3.05. The number of rotatable bonds is 5. The fraction of sp³-hybridized carbons (Fsp3) is 0.571. The van der Waals surface area contributed by atoms with Crippen molar-refractivity contribution in [3.63, 3.8) is 0 Å². The van der Waals surface area contributed by atoms with Gasteiger partial charge in [0.15, 0.2) is 0 Å². The second kappa shape index (κ2) is 6.43. The van der Waals surface area contributed by atoms with Crippen molar-refractivity contribution in [2.75, 3.05) is 13.1 Å². The first-order valence-corrected chi connectivity index (χ1v) is 10.0. The quantitative estimate of drug-likeness (QED) is 0.815. The summed E-state index contributed by atoms with van der Waals surface area (Å²) in [6.07, 6.45) is 8.05. The maximum atomic E-state index is 14.0. The van der Waals surface area contributed by atoms with Gasteiger partial charge in [0.2, 0.25) is 5.91 Å². The average molecular weight is 368 g/mol. The molecular weight excluding hydrogens is 343 g/mol. The molecule has 6 heteroatoms. The van der Waals surface area contributed by atoms with E-state index in [4.69, 9.17) is 0 Å². The number of carbonyl (C=O) groups excluding carboxylic acids is 1. The van der Waals surface area contributed by atoms with E-state index >= 15 is 0 Å². The summed E-state index contributed by atoms with van der Waals surface area (Å²) in [4.78, 5) is 14.8. The van der Waals surface area contributed by atoms with Gasteiger partial charge >= 0.3 is 0 Å². The summed E-state index contributed by atoms with van der Waals surface area (Å²) in [5.41, 5.74) is 0.615. The molecule has 0 N–H and O–H groups in total. The summed E-state index contributed by atoms with van der Waals surface area (Å²) >= 11 is 0.